The third kappa shape index (κ3) is 3.98. The van der Waals surface area contributed by atoms with Gasteiger partial charge in [0.05, 0.1) is 12.1 Å². The van der Waals surface area contributed by atoms with Gasteiger partial charge in [-0.1, -0.05) is 6.07 Å². The molecular formula is C21H26F3N5O3. The van der Waals surface area contributed by atoms with Gasteiger partial charge in [-0.15, -0.1) is 0 Å². The van der Waals surface area contributed by atoms with Gasteiger partial charge in [0.2, 0.25) is 5.91 Å². The number of piperidine rings is 1. The molecule has 1 unspecified atom stereocenters. The highest BCUT2D eigenvalue weighted by atomic mass is 19.4. The number of hydrogen-bond donors (Lipinski definition) is 1. The van der Waals surface area contributed by atoms with Crippen molar-refractivity contribution in [2.24, 2.45) is 0 Å². The van der Waals surface area contributed by atoms with Gasteiger partial charge in [-0.25, -0.2) is 9.78 Å². The maximum atomic E-state index is 13.2. The van der Waals surface area contributed by atoms with E-state index in [2.05, 4.69) is 10.3 Å². The predicted octanol–water partition coefficient (Wildman–Crippen LogP) is 1.72. The number of amides is 3. The van der Waals surface area contributed by atoms with Gasteiger partial charge in [0.15, 0.2) is 0 Å². The fourth-order valence-corrected chi connectivity index (χ4v) is 5.11. The van der Waals surface area contributed by atoms with E-state index < -0.39 is 12.2 Å². The van der Waals surface area contributed by atoms with Crippen LogP contribution in [-0.2, 0) is 9.53 Å². The lowest BCUT2D eigenvalue weighted by Crippen LogP contribution is -2.63. The van der Waals surface area contributed by atoms with Crippen molar-refractivity contribution in [3.63, 3.8) is 0 Å². The fraction of sp³-hybridized carbons (Fsp3) is 0.667. The number of rotatable bonds is 2. The number of nitrogens with zero attached hydrogens (tertiary/aromatic N) is 4. The Morgan fingerprint density at radius 3 is 2.66 bits per heavy atom. The highest BCUT2D eigenvalue weighted by Crippen LogP contribution is 2.36. The lowest BCUT2D eigenvalue weighted by Gasteiger charge is -2.46. The Balaban J connectivity index is 1.15. The molecule has 174 valence electrons. The van der Waals surface area contributed by atoms with Gasteiger partial charge in [0.25, 0.3) is 0 Å². The Morgan fingerprint density at radius 1 is 1.12 bits per heavy atom. The molecule has 5 rings (SSSR count). The van der Waals surface area contributed by atoms with Crippen molar-refractivity contribution in [1.82, 2.24) is 20.1 Å². The SMILES string of the molecule is O=C1CO[C@H]2CCN(C(=O)N3CC(c4ccc(N5CCCC5C(F)(F)F)nc4)C3)C[C@H]2N1. The number of urea groups is 1. The first-order valence-corrected chi connectivity index (χ1v) is 11.0. The summed E-state index contributed by atoms with van der Waals surface area (Å²) in [6.07, 6.45) is -1.38. The molecule has 11 heteroatoms. The number of nitrogens with one attached hydrogen (secondary N) is 1. The van der Waals surface area contributed by atoms with Crippen LogP contribution < -0.4 is 10.2 Å². The van der Waals surface area contributed by atoms with Gasteiger partial charge in [0, 0.05) is 44.8 Å². The van der Waals surface area contributed by atoms with Crippen LogP contribution in [0.15, 0.2) is 18.3 Å². The minimum absolute atomic E-state index is 0.0435. The zero-order valence-electron chi connectivity index (χ0n) is 17.6. The minimum Gasteiger partial charge on any atom is -0.366 e. The minimum atomic E-state index is -4.26. The number of ether oxygens (including phenoxy) is 1. The summed E-state index contributed by atoms with van der Waals surface area (Å²) in [6.45, 7) is 2.53. The van der Waals surface area contributed by atoms with E-state index in [-0.39, 0.29) is 43.0 Å². The third-order valence-electron chi connectivity index (χ3n) is 6.91. The number of fused-ring (bicyclic) bond motifs is 1. The number of halogens is 3. The fourth-order valence-electron chi connectivity index (χ4n) is 5.11. The summed E-state index contributed by atoms with van der Waals surface area (Å²) < 4.78 is 45.2. The summed E-state index contributed by atoms with van der Waals surface area (Å²) in [5.41, 5.74) is 0.923. The number of alkyl halides is 3. The molecule has 0 aromatic carbocycles. The van der Waals surface area contributed by atoms with Crippen LogP contribution in [0.5, 0.6) is 0 Å². The third-order valence-corrected chi connectivity index (χ3v) is 6.91. The van der Waals surface area contributed by atoms with Crippen molar-refractivity contribution in [2.45, 2.75) is 49.5 Å². The monoisotopic (exact) mass is 453 g/mol. The number of morpholine rings is 1. The molecular weight excluding hydrogens is 427 g/mol. The summed E-state index contributed by atoms with van der Waals surface area (Å²) in [7, 11) is 0. The Morgan fingerprint density at radius 2 is 1.94 bits per heavy atom. The maximum Gasteiger partial charge on any atom is 0.408 e. The van der Waals surface area contributed by atoms with Crippen LogP contribution in [0.25, 0.3) is 0 Å². The Bertz CT molecular complexity index is 874. The van der Waals surface area contributed by atoms with E-state index in [0.717, 1.165) is 5.56 Å². The molecule has 0 radical (unpaired) electrons. The van der Waals surface area contributed by atoms with Gasteiger partial charge in [-0.2, -0.15) is 13.2 Å². The number of carbonyl (C=O) groups is 2. The molecule has 0 saturated carbocycles. The van der Waals surface area contributed by atoms with Crippen LogP contribution in [0.1, 0.15) is 30.7 Å². The summed E-state index contributed by atoms with van der Waals surface area (Å²) >= 11 is 0. The first kappa shape index (κ1) is 21.3. The zero-order valence-corrected chi connectivity index (χ0v) is 17.6. The highest BCUT2D eigenvalue weighted by Gasteiger charge is 2.46. The number of likely N-dealkylation sites (tertiary alicyclic amines) is 2. The van der Waals surface area contributed by atoms with Gasteiger partial charge < -0.3 is 24.8 Å². The van der Waals surface area contributed by atoms with E-state index in [4.69, 9.17) is 4.74 Å². The van der Waals surface area contributed by atoms with Gasteiger partial charge >= 0.3 is 12.2 Å². The predicted molar refractivity (Wildman–Crippen MR) is 108 cm³/mol. The van der Waals surface area contributed by atoms with E-state index in [0.29, 0.717) is 51.4 Å². The number of pyridine rings is 1. The molecule has 4 saturated heterocycles. The van der Waals surface area contributed by atoms with Crippen molar-refractivity contribution in [3.05, 3.63) is 23.9 Å². The molecule has 1 aromatic rings. The van der Waals surface area contributed by atoms with E-state index in [9.17, 15) is 22.8 Å². The summed E-state index contributed by atoms with van der Waals surface area (Å²) in [6, 6.07) is 1.77. The molecule has 3 atom stereocenters. The average Bonchev–Trinajstić information content (AvgIpc) is 3.23. The van der Waals surface area contributed by atoms with Gasteiger partial charge in [-0.3, -0.25) is 4.79 Å². The molecule has 8 nitrogen and oxygen atoms in total. The first-order chi connectivity index (χ1) is 15.3. The van der Waals surface area contributed by atoms with Crippen LogP contribution >= 0.6 is 0 Å². The molecule has 1 N–H and O–H groups in total. The van der Waals surface area contributed by atoms with Crippen molar-refractivity contribution in [1.29, 1.82) is 0 Å². The molecule has 32 heavy (non-hydrogen) atoms. The van der Waals surface area contributed by atoms with Crippen LogP contribution in [-0.4, -0.2) is 90.4 Å². The summed E-state index contributed by atoms with van der Waals surface area (Å²) in [5.74, 6) is 0.309. The number of aromatic nitrogens is 1. The van der Waals surface area contributed by atoms with Crippen molar-refractivity contribution < 1.29 is 27.5 Å². The van der Waals surface area contributed by atoms with E-state index in [1.807, 2.05) is 6.07 Å². The van der Waals surface area contributed by atoms with Gasteiger partial charge in [0.1, 0.15) is 18.5 Å². The molecule has 4 aliphatic heterocycles. The second-order valence-corrected chi connectivity index (χ2v) is 8.99. The van der Waals surface area contributed by atoms with Crippen molar-refractivity contribution >= 4 is 17.8 Å². The van der Waals surface area contributed by atoms with E-state index in [1.54, 1.807) is 22.1 Å². The lowest BCUT2D eigenvalue weighted by molar-refractivity contribution is -0.146. The number of carbonyl (C=O) groups excluding carboxylic acids is 2. The molecule has 0 aliphatic carbocycles. The Labute approximate surface area is 183 Å². The molecule has 4 fully saturated rings. The topological polar surface area (TPSA) is 78.0 Å². The van der Waals surface area contributed by atoms with Crippen molar-refractivity contribution in [2.75, 3.05) is 44.2 Å². The lowest BCUT2D eigenvalue weighted by atomic mass is 9.92. The highest BCUT2D eigenvalue weighted by molar-refractivity contribution is 5.79. The van der Waals surface area contributed by atoms with E-state index >= 15 is 0 Å². The summed E-state index contributed by atoms with van der Waals surface area (Å²) in [5, 5.41) is 2.89. The number of hydrogen-bond acceptors (Lipinski definition) is 5. The summed E-state index contributed by atoms with van der Waals surface area (Å²) in [4.78, 5) is 33.5. The standard InChI is InChI=1S/C21H26F3N5O3/c22-21(23,24)17-2-1-6-29(17)18-4-3-13(8-25-18)14-9-28(10-14)20(31)27-7-5-16-15(11-27)26-19(30)12-32-16/h3-4,8,14-17H,1-2,5-7,9-12H2,(H,26,30)/t15-,16+,17?/m1/s1. The zero-order chi connectivity index (χ0) is 22.5. The average molecular weight is 453 g/mol. The molecule has 4 aliphatic rings. The second-order valence-electron chi connectivity index (χ2n) is 8.99. The number of anilines is 1. The Kier molecular flexibility index (Phi) is 5.39. The normalized spacial score (nSPS) is 28.9. The van der Waals surface area contributed by atoms with Crippen LogP contribution in [0.3, 0.4) is 0 Å². The first-order valence-electron chi connectivity index (χ1n) is 11.0. The largest absolute Gasteiger partial charge is 0.408 e. The van der Waals surface area contributed by atoms with E-state index in [1.165, 1.54) is 4.90 Å². The van der Waals surface area contributed by atoms with Gasteiger partial charge in [-0.05, 0) is 30.9 Å². The molecule has 3 amide bonds. The van der Waals surface area contributed by atoms with Crippen LogP contribution in [0.4, 0.5) is 23.8 Å². The molecule has 0 spiro atoms. The quantitative estimate of drug-likeness (QED) is 0.738. The smallest absolute Gasteiger partial charge is 0.366 e. The van der Waals surface area contributed by atoms with Crippen LogP contribution in [0.2, 0.25) is 0 Å². The second kappa shape index (κ2) is 8.09. The molecule has 1 aromatic heterocycles. The Hall–Kier alpha value is -2.56. The molecule has 0 bridgehead atoms. The van der Waals surface area contributed by atoms with Crippen molar-refractivity contribution in [3.8, 4) is 0 Å². The maximum absolute atomic E-state index is 13.2. The van der Waals surface area contributed by atoms with Crippen LogP contribution in [0, 0.1) is 0 Å². The molecule has 5 heterocycles.